The molecule has 0 radical (unpaired) electrons. The minimum atomic E-state index is 0.794. The summed E-state index contributed by atoms with van der Waals surface area (Å²) in [5.74, 6) is 0. The average molecular weight is 637 g/mol. The molecule has 11 rings (SSSR count). The Balaban J connectivity index is 1.06. The van der Waals surface area contributed by atoms with Gasteiger partial charge in [-0.05, 0) is 97.5 Å². The topological polar surface area (TPSA) is 31.0 Å². The molecule has 11 aromatic rings. The van der Waals surface area contributed by atoms with E-state index in [2.05, 4.69) is 168 Å². The third-order valence-corrected chi connectivity index (χ3v) is 10.4. The zero-order chi connectivity index (χ0) is 32.8. The second kappa shape index (κ2) is 10.4. The summed E-state index contributed by atoms with van der Waals surface area (Å²) in [5.41, 5.74) is 10.6. The molecule has 0 unspecified atom stereocenters. The lowest BCUT2D eigenvalue weighted by molar-refractivity contribution is 0.669. The second-order valence-corrected chi connectivity index (χ2v) is 13.2. The van der Waals surface area contributed by atoms with Gasteiger partial charge in [-0.15, -0.1) is 0 Å². The van der Waals surface area contributed by atoms with Crippen LogP contribution in [0, 0.1) is 0 Å². The van der Waals surface area contributed by atoms with Crippen molar-refractivity contribution in [1.82, 2.24) is 9.55 Å². The molecule has 8 aromatic carbocycles. The molecule has 0 atom stereocenters. The molecule has 0 saturated heterocycles. The molecule has 3 aromatic heterocycles. The van der Waals surface area contributed by atoms with Crippen LogP contribution in [0.1, 0.15) is 0 Å². The van der Waals surface area contributed by atoms with Crippen molar-refractivity contribution in [2.24, 2.45) is 0 Å². The Labute approximate surface area is 287 Å². The fourth-order valence-electron chi connectivity index (χ4n) is 8.07. The van der Waals surface area contributed by atoms with Gasteiger partial charge in [0.1, 0.15) is 11.1 Å². The first-order chi connectivity index (χ1) is 24.8. The molecule has 0 N–H and O–H groups in total. The van der Waals surface area contributed by atoms with E-state index in [4.69, 9.17) is 9.40 Å². The maximum absolute atomic E-state index is 6.58. The smallest absolute Gasteiger partial charge is 0.154 e. The van der Waals surface area contributed by atoms with E-state index in [0.717, 1.165) is 38.9 Å². The molecule has 0 fully saturated rings. The maximum Gasteiger partial charge on any atom is 0.154 e. The molecule has 0 saturated carbocycles. The van der Waals surface area contributed by atoms with E-state index in [1.54, 1.807) is 0 Å². The van der Waals surface area contributed by atoms with Crippen LogP contribution in [0.2, 0.25) is 0 Å². The molecule has 3 heterocycles. The summed E-state index contributed by atoms with van der Waals surface area (Å²) < 4.78 is 8.94. The fourth-order valence-corrected chi connectivity index (χ4v) is 8.07. The number of hydrogen-bond donors (Lipinski definition) is 0. The Kier molecular flexibility index (Phi) is 5.67. The van der Waals surface area contributed by atoms with Crippen LogP contribution in [-0.4, -0.2) is 9.55 Å². The first kappa shape index (κ1) is 27.3. The Morgan fingerprint density at radius 3 is 1.68 bits per heavy atom. The Morgan fingerprint density at radius 2 is 0.940 bits per heavy atom. The predicted octanol–water partition coefficient (Wildman–Crippen LogP) is 12.9. The number of benzene rings is 8. The normalized spacial score (nSPS) is 12.0. The number of fused-ring (bicyclic) bond motifs is 12. The lowest BCUT2D eigenvalue weighted by atomic mass is 9.93. The van der Waals surface area contributed by atoms with Crippen molar-refractivity contribution in [3.63, 3.8) is 0 Å². The minimum Gasteiger partial charge on any atom is -0.454 e. The molecule has 3 nitrogen and oxygen atoms in total. The summed E-state index contributed by atoms with van der Waals surface area (Å²) in [6, 6.07) is 58.7. The van der Waals surface area contributed by atoms with Crippen LogP contribution in [0.15, 0.2) is 174 Å². The third kappa shape index (κ3) is 3.95. The summed E-state index contributed by atoms with van der Waals surface area (Å²) in [6.07, 6.45) is 1.99. The lowest BCUT2D eigenvalue weighted by Gasteiger charge is -2.10. The van der Waals surface area contributed by atoms with Crippen molar-refractivity contribution < 1.29 is 4.42 Å². The predicted molar refractivity (Wildman–Crippen MR) is 209 cm³/mol. The summed E-state index contributed by atoms with van der Waals surface area (Å²) >= 11 is 0. The van der Waals surface area contributed by atoms with Gasteiger partial charge < -0.3 is 8.98 Å². The van der Waals surface area contributed by atoms with Crippen molar-refractivity contribution in [1.29, 1.82) is 0 Å². The molecule has 0 bridgehead atoms. The number of nitrogens with zero attached hydrogens (tertiary/aromatic N) is 2. The van der Waals surface area contributed by atoms with Crippen LogP contribution in [-0.2, 0) is 0 Å². The number of pyridine rings is 1. The molecule has 0 aliphatic carbocycles. The Morgan fingerprint density at radius 1 is 0.360 bits per heavy atom. The summed E-state index contributed by atoms with van der Waals surface area (Å²) in [4.78, 5) is 5.02. The van der Waals surface area contributed by atoms with Crippen molar-refractivity contribution >= 4 is 76.2 Å². The van der Waals surface area contributed by atoms with E-state index < -0.39 is 0 Å². The van der Waals surface area contributed by atoms with Crippen molar-refractivity contribution in [3.8, 4) is 27.9 Å². The number of para-hydroxylation sites is 1. The van der Waals surface area contributed by atoms with Crippen LogP contribution in [0.3, 0.4) is 0 Å². The second-order valence-electron chi connectivity index (χ2n) is 13.2. The zero-order valence-electron chi connectivity index (χ0n) is 27.0. The standard InChI is InChI=1S/C47H28N2O/c1-2-10-29(11-3-1)30-18-21-33(22-19-30)49-43-17-9-8-16-38(43)41-24-31(20-23-44(41)49)32-25-46-47(48-28-32)42-26-39-36-14-6-4-12-34(36)35-13-5-7-15-37(35)40(39)27-45(42)50-46/h1-28H. The minimum absolute atomic E-state index is 0.794. The molecular weight excluding hydrogens is 609 g/mol. The molecule has 0 aliphatic heterocycles. The monoisotopic (exact) mass is 636 g/mol. The first-order valence-corrected chi connectivity index (χ1v) is 17.0. The third-order valence-electron chi connectivity index (χ3n) is 10.4. The molecule has 0 aliphatic rings. The van der Waals surface area contributed by atoms with Crippen LogP contribution >= 0.6 is 0 Å². The van der Waals surface area contributed by atoms with Gasteiger partial charge in [-0.3, -0.25) is 4.98 Å². The van der Waals surface area contributed by atoms with E-state index in [-0.39, 0.29) is 0 Å². The van der Waals surface area contributed by atoms with E-state index >= 15 is 0 Å². The average Bonchev–Trinajstić information content (AvgIpc) is 3.72. The van der Waals surface area contributed by atoms with Crippen LogP contribution in [0.25, 0.3) is 104 Å². The molecular formula is C47H28N2O. The SMILES string of the molecule is c1ccc(-c2ccc(-n3c4ccccc4c4cc(-c5cnc6c(c5)oc5cc7c8ccccc8c8ccccc8c7cc56)ccc43)cc2)cc1. The number of rotatable bonds is 3. The van der Waals surface area contributed by atoms with E-state index in [0.29, 0.717) is 0 Å². The van der Waals surface area contributed by atoms with Gasteiger partial charge in [0.05, 0.1) is 11.0 Å². The fraction of sp³-hybridized carbons (Fsp3) is 0. The Bertz CT molecular complexity index is 3130. The number of furan rings is 1. The van der Waals surface area contributed by atoms with Gasteiger partial charge in [-0.1, -0.05) is 115 Å². The summed E-state index contributed by atoms with van der Waals surface area (Å²) in [7, 11) is 0. The zero-order valence-corrected chi connectivity index (χ0v) is 27.0. The van der Waals surface area contributed by atoms with Crippen LogP contribution in [0.5, 0.6) is 0 Å². The highest BCUT2D eigenvalue weighted by Crippen LogP contribution is 2.41. The van der Waals surface area contributed by atoms with E-state index in [1.807, 2.05) is 6.20 Å². The summed E-state index contributed by atoms with van der Waals surface area (Å²) in [5, 5.41) is 10.9. The maximum atomic E-state index is 6.58. The first-order valence-electron chi connectivity index (χ1n) is 17.0. The molecule has 50 heavy (non-hydrogen) atoms. The van der Waals surface area contributed by atoms with Gasteiger partial charge >= 0.3 is 0 Å². The highest BCUT2D eigenvalue weighted by atomic mass is 16.3. The van der Waals surface area contributed by atoms with Crippen LogP contribution in [0.4, 0.5) is 0 Å². The highest BCUT2D eigenvalue weighted by molar-refractivity contribution is 6.28. The molecule has 232 valence electrons. The van der Waals surface area contributed by atoms with Crippen LogP contribution < -0.4 is 0 Å². The van der Waals surface area contributed by atoms with Gasteiger partial charge in [-0.2, -0.15) is 0 Å². The largest absolute Gasteiger partial charge is 0.454 e. The van der Waals surface area contributed by atoms with Gasteiger partial charge in [0.25, 0.3) is 0 Å². The van der Waals surface area contributed by atoms with Crippen molar-refractivity contribution in [3.05, 3.63) is 170 Å². The molecule has 0 amide bonds. The van der Waals surface area contributed by atoms with E-state index in [9.17, 15) is 0 Å². The number of hydrogen-bond acceptors (Lipinski definition) is 2. The summed E-state index contributed by atoms with van der Waals surface area (Å²) in [6.45, 7) is 0. The number of aromatic nitrogens is 2. The Hall–Kier alpha value is -6.71. The van der Waals surface area contributed by atoms with Gasteiger partial charge in [0.2, 0.25) is 0 Å². The van der Waals surface area contributed by atoms with Crippen molar-refractivity contribution in [2.45, 2.75) is 0 Å². The van der Waals surface area contributed by atoms with E-state index in [1.165, 1.54) is 65.3 Å². The molecule has 0 spiro atoms. The van der Waals surface area contributed by atoms with Gasteiger partial charge in [0, 0.05) is 33.6 Å². The lowest BCUT2D eigenvalue weighted by Crippen LogP contribution is -1.93. The highest BCUT2D eigenvalue weighted by Gasteiger charge is 2.17. The van der Waals surface area contributed by atoms with Crippen molar-refractivity contribution in [2.75, 3.05) is 0 Å². The molecule has 3 heteroatoms. The van der Waals surface area contributed by atoms with Gasteiger partial charge in [0.15, 0.2) is 5.58 Å². The van der Waals surface area contributed by atoms with Gasteiger partial charge in [-0.25, -0.2) is 0 Å². The quantitative estimate of drug-likeness (QED) is 0.181.